The van der Waals surface area contributed by atoms with Gasteiger partial charge < -0.3 is 10.6 Å². The highest BCUT2D eigenvalue weighted by Gasteiger charge is 2.05. The predicted molar refractivity (Wildman–Crippen MR) is 67.2 cm³/mol. The van der Waals surface area contributed by atoms with Gasteiger partial charge in [0.2, 0.25) is 0 Å². The predicted octanol–water partition coefficient (Wildman–Crippen LogP) is 0.339. The summed E-state index contributed by atoms with van der Waals surface area (Å²) >= 11 is 0. The highest BCUT2D eigenvalue weighted by Crippen LogP contribution is 2.13. The molecule has 0 aliphatic rings. The van der Waals surface area contributed by atoms with Gasteiger partial charge in [-0.15, -0.1) is 0 Å². The Bertz CT molecular complexity index is 551. The Hall–Kier alpha value is -1.95. The second-order valence-electron chi connectivity index (χ2n) is 3.68. The van der Waals surface area contributed by atoms with E-state index in [1.54, 1.807) is 18.3 Å². The average molecular weight is 233 g/mol. The van der Waals surface area contributed by atoms with Gasteiger partial charge in [-0.05, 0) is 32.1 Å². The fraction of sp³-hybridized carbons (Fsp3) is 0.364. The number of H-pyrrole nitrogens is 1. The quantitative estimate of drug-likeness (QED) is 0.649. The van der Waals surface area contributed by atoms with Gasteiger partial charge in [0.25, 0.3) is 5.56 Å². The molecular formula is C11H15N5O. The molecule has 0 unspecified atom stereocenters. The maximum Gasteiger partial charge on any atom is 0.273 e. The van der Waals surface area contributed by atoms with E-state index in [9.17, 15) is 4.79 Å². The number of rotatable bonds is 5. The zero-order chi connectivity index (χ0) is 12.1. The van der Waals surface area contributed by atoms with Crippen molar-refractivity contribution in [3.63, 3.8) is 0 Å². The third-order valence-corrected chi connectivity index (χ3v) is 2.44. The third-order valence-electron chi connectivity index (χ3n) is 2.44. The number of nitrogens with zero attached hydrogens (tertiary/aromatic N) is 2. The second-order valence-corrected chi connectivity index (χ2v) is 3.68. The summed E-state index contributed by atoms with van der Waals surface area (Å²) in [5, 5.41) is 13.2. The van der Waals surface area contributed by atoms with Crippen LogP contribution in [-0.2, 0) is 0 Å². The standard InChI is InChI=1S/C11H15N5O/c1-12-5-3-7-14-10-9-8(4-2-6-13-9)11(17)16-15-10/h2,4,6,12H,3,5,7H2,1H3,(H,14,15)(H,16,17). The van der Waals surface area contributed by atoms with Crippen molar-refractivity contribution in [3.8, 4) is 0 Å². The summed E-state index contributed by atoms with van der Waals surface area (Å²) in [4.78, 5) is 15.7. The molecule has 2 aromatic heterocycles. The molecule has 2 rings (SSSR count). The Balaban J connectivity index is 2.23. The fourth-order valence-electron chi connectivity index (χ4n) is 1.59. The van der Waals surface area contributed by atoms with Crippen LogP contribution in [0.25, 0.3) is 10.9 Å². The maximum absolute atomic E-state index is 11.5. The second kappa shape index (κ2) is 5.40. The van der Waals surface area contributed by atoms with Crippen LogP contribution in [0.5, 0.6) is 0 Å². The van der Waals surface area contributed by atoms with Gasteiger partial charge in [0.15, 0.2) is 5.82 Å². The number of pyridine rings is 1. The van der Waals surface area contributed by atoms with Crippen LogP contribution in [0.2, 0.25) is 0 Å². The van der Waals surface area contributed by atoms with Crippen LogP contribution in [0.1, 0.15) is 6.42 Å². The summed E-state index contributed by atoms with van der Waals surface area (Å²) in [5.74, 6) is 0.622. The van der Waals surface area contributed by atoms with E-state index in [0.29, 0.717) is 16.7 Å². The fourth-order valence-corrected chi connectivity index (χ4v) is 1.59. The van der Waals surface area contributed by atoms with Gasteiger partial charge in [-0.25, -0.2) is 5.10 Å². The van der Waals surface area contributed by atoms with Crippen molar-refractivity contribution in [2.75, 3.05) is 25.5 Å². The number of hydrogen-bond acceptors (Lipinski definition) is 5. The first-order valence-corrected chi connectivity index (χ1v) is 5.55. The minimum Gasteiger partial charge on any atom is -0.367 e. The Morgan fingerprint density at radius 1 is 1.41 bits per heavy atom. The van der Waals surface area contributed by atoms with Crippen molar-refractivity contribution in [3.05, 3.63) is 28.7 Å². The number of hydrogen-bond donors (Lipinski definition) is 3. The first-order valence-electron chi connectivity index (χ1n) is 5.55. The average Bonchev–Trinajstić information content (AvgIpc) is 2.37. The monoisotopic (exact) mass is 233 g/mol. The van der Waals surface area contributed by atoms with Gasteiger partial charge >= 0.3 is 0 Å². The molecule has 2 aromatic rings. The van der Waals surface area contributed by atoms with Crippen molar-refractivity contribution >= 4 is 16.7 Å². The molecule has 0 spiro atoms. The number of nitrogens with one attached hydrogen (secondary N) is 3. The lowest BCUT2D eigenvalue weighted by Crippen LogP contribution is -2.16. The molecule has 0 radical (unpaired) electrons. The molecule has 3 N–H and O–H groups in total. The minimum absolute atomic E-state index is 0.214. The smallest absolute Gasteiger partial charge is 0.273 e. The Kier molecular flexibility index (Phi) is 3.66. The summed E-state index contributed by atoms with van der Waals surface area (Å²) in [6, 6.07) is 3.48. The van der Waals surface area contributed by atoms with Crippen LogP contribution in [0, 0.1) is 0 Å². The van der Waals surface area contributed by atoms with Gasteiger partial charge in [0, 0.05) is 12.7 Å². The number of aromatic amines is 1. The molecule has 2 heterocycles. The van der Waals surface area contributed by atoms with E-state index < -0.39 is 0 Å². The van der Waals surface area contributed by atoms with E-state index in [4.69, 9.17) is 0 Å². The van der Waals surface area contributed by atoms with Crippen LogP contribution in [0.15, 0.2) is 23.1 Å². The van der Waals surface area contributed by atoms with E-state index in [1.807, 2.05) is 7.05 Å². The van der Waals surface area contributed by atoms with Gasteiger partial charge in [-0.2, -0.15) is 5.10 Å². The van der Waals surface area contributed by atoms with E-state index in [2.05, 4.69) is 25.8 Å². The third kappa shape index (κ3) is 2.59. The number of aromatic nitrogens is 3. The molecule has 0 amide bonds. The van der Waals surface area contributed by atoms with Crippen LogP contribution in [0.3, 0.4) is 0 Å². The Morgan fingerprint density at radius 3 is 3.12 bits per heavy atom. The highest BCUT2D eigenvalue weighted by molar-refractivity contribution is 5.86. The molecule has 90 valence electrons. The van der Waals surface area contributed by atoms with E-state index in [1.165, 1.54) is 0 Å². The maximum atomic E-state index is 11.5. The van der Waals surface area contributed by atoms with Crippen molar-refractivity contribution in [1.82, 2.24) is 20.5 Å². The zero-order valence-electron chi connectivity index (χ0n) is 9.66. The van der Waals surface area contributed by atoms with Crippen LogP contribution < -0.4 is 16.2 Å². The lowest BCUT2D eigenvalue weighted by molar-refractivity contribution is 0.746. The zero-order valence-corrected chi connectivity index (χ0v) is 9.66. The first-order chi connectivity index (χ1) is 8.33. The van der Waals surface area contributed by atoms with Gasteiger partial charge in [0.1, 0.15) is 5.52 Å². The molecule has 0 aromatic carbocycles. The lowest BCUT2D eigenvalue weighted by Gasteiger charge is -2.06. The molecule has 0 aliphatic carbocycles. The van der Waals surface area contributed by atoms with E-state index >= 15 is 0 Å². The summed E-state index contributed by atoms with van der Waals surface area (Å²) in [7, 11) is 1.91. The van der Waals surface area contributed by atoms with Crippen LogP contribution in [0.4, 0.5) is 5.82 Å². The molecule has 0 saturated heterocycles. The molecule has 17 heavy (non-hydrogen) atoms. The van der Waals surface area contributed by atoms with Crippen molar-refractivity contribution < 1.29 is 0 Å². The van der Waals surface area contributed by atoms with Gasteiger partial charge in [-0.3, -0.25) is 9.78 Å². The number of fused-ring (bicyclic) bond motifs is 1. The highest BCUT2D eigenvalue weighted by atomic mass is 16.1. The SMILES string of the molecule is CNCCCNc1n[nH]c(=O)c2cccnc12. The first kappa shape index (κ1) is 11.5. The Labute approximate surface area is 98.5 Å². The molecule has 0 saturated carbocycles. The molecule has 6 nitrogen and oxygen atoms in total. The molecule has 0 bridgehead atoms. The van der Waals surface area contributed by atoms with Crippen molar-refractivity contribution in [2.24, 2.45) is 0 Å². The largest absolute Gasteiger partial charge is 0.367 e. The summed E-state index contributed by atoms with van der Waals surface area (Å²) in [5.41, 5.74) is 0.398. The summed E-state index contributed by atoms with van der Waals surface area (Å²) < 4.78 is 0. The number of anilines is 1. The van der Waals surface area contributed by atoms with E-state index in [0.717, 1.165) is 19.5 Å². The molecule has 0 aliphatic heterocycles. The van der Waals surface area contributed by atoms with Gasteiger partial charge in [-0.1, -0.05) is 0 Å². The van der Waals surface area contributed by atoms with Gasteiger partial charge in [0.05, 0.1) is 5.39 Å². The van der Waals surface area contributed by atoms with Crippen LogP contribution >= 0.6 is 0 Å². The summed E-state index contributed by atoms with van der Waals surface area (Å²) in [6.45, 7) is 1.72. The Morgan fingerprint density at radius 2 is 2.29 bits per heavy atom. The lowest BCUT2D eigenvalue weighted by atomic mass is 10.3. The molecule has 6 heteroatoms. The minimum atomic E-state index is -0.214. The van der Waals surface area contributed by atoms with Crippen molar-refractivity contribution in [2.45, 2.75) is 6.42 Å². The molecule has 0 fully saturated rings. The molecule has 0 atom stereocenters. The van der Waals surface area contributed by atoms with E-state index in [-0.39, 0.29) is 5.56 Å². The summed E-state index contributed by atoms with van der Waals surface area (Å²) in [6.07, 6.45) is 2.63. The molecular weight excluding hydrogens is 218 g/mol. The van der Waals surface area contributed by atoms with Crippen LogP contribution in [-0.4, -0.2) is 35.3 Å². The normalized spacial score (nSPS) is 10.6. The topological polar surface area (TPSA) is 82.7 Å². The van der Waals surface area contributed by atoms with Crippen molar-refractivity contribution in [1.29, 1.82) is 0 Å².